The first-order chi connectivity index (χ1) is 13.7. The number of nitrogens with zero attached hydrogens (tertiary/aromatic N) is 4. The van der Waals surface area contributed by atoms with E-state index in [1.807, 2.05) is 45.5 Å². The zero-order valence-corrected chi connectivity index (χ0v) is 16.6. The molecule has 1 aromatic heterocycles. The van der Waals surface area contributed by atoms with Gasteiger partial charge in [-0.1, -0.05) is 18.2 Å². The molecule has 2 aromatic rings. The molecule has 7 heteroatoms. The molecule has 0 radical (unpaired) electrons. The van der Waals surface area contributed by atoms with Crippen molar-refractivity contribution in [3.8, 4) is 0 Å². The third kappa shape index (κ3) is 3.33. The lowest BCUT2D eigenvalue weighted by Gasteiger charge is -2.37. The minimum absolute atomic E-state index is 0.0338. The van der Waals surface area contributed by atoms with Crippen LogP contribution in [0.1, 0.15) is 40.7 Å². The van der Waals surface area contributed by atoms with E-state index in [1.165, 1.54) is 12.8 Å². The number of piperazine rings is 1. The Hall–Kier alpha value is -2.25. The molecule has 2 aliphatic heterocycles. The van der Waals surface area contributed by atoms with Crippen LogP contribution in [0.15, 0.2) is 35.7 Å². The topological polar surface area (TPSA) is 56.8 Å². The molecule has 1 aromatic carbocycles. The Morgan fingerprint density at radius 3 is 2.46 bits per heavy atom. The second-order valence-electron chi connectivity index (χ2n) is 7.80. The molecule has 3 aliphatic rings. The van der Waals surface area contributed by atoms with Gasteiger partial charge >= 0.3 is 0 Å². The molecule has 28 heavy (non-hydrogen) atoms. The number of thiazole rings is 1. The van der Waals surface area contributed by atoms with Crippen LogP contribution < -0.4 is 4.90 Å². The molecule has 5 rings (SSSR count). The summed E-state index contributed by atoms with van der Waals surface area (Å²) in [6.45, 7) is 3.55. The minimum Gasteiger partial charge on any atom is -0.335 e. The maximum atomic E-state index is 12.9. The molecule has 146 valence electrons. The van der Waals surface area contributed by atoms with Gasteiger partial charge in [-0.2, -0.15) is 0 Å². The SMILES string of the molecule is O=C(c1csc(C2CC2)n1)N1CCN(C2CCN(c3ccccc3)C2=O)CC1. The largest absolute Gasteiger partial charge is 0.335 e. The fourth-order valence-corrected chi connectivity index (χ4v) is 5.14. The Morgan fingerprint density at radius 1 is 1.00 bits per heavy atom. The molecule has 1 saturated carbocycles. The number of para-hydroxylation sites is 1. The highest BCUT2D eigenvalue weighted by Crippen LogP contribution is 2.41. The van der Waals surface area contributed by atoms with E-state index in [4.69, 9.17) is 0 Å². The van der Waals surface area contributed by atoms with Crippen LogP contribution in [0, 0.1) is 0 Å². The van der Waals surface area contributed by atoms with Crippen LogP contribution in [0.25, 0.3) is 0 Å². The molecule has 6 nitrogen and oxygen atoms in total. The molecule has 3 heterocycles. The van der Waals surface area contributed by atoms with E-state index in [0.29, 0.717) is 24.7 Å². The fraction of sp³-hybridized carbons (Fsp3) is 0.476. The van der Waals surface area contributed by atoms with Gasteiger partial charge in [-0.25, -0.2) is 4.98 Å². The summed E-state index contributed by atoms with van der Waals surface area (Å²) in [5.74, 6) is 0.801. The fourth-order valence-electron chi connectivity index (χ4n) is 4.17. The van der Waals surface area contributed by atoms with Crippen LogP contribution in [0.5, 0.6) is 0 Å². The summed E-state index contributed by atoms with van der Waals surface area (Å²) in [7, 11) is 0. The van der Waals surface area contributed by atoms with Gasteiger partial charge in [0.1, 0.15) is 5.69 Å². The van der Waals surface area contributed by atoms with Gasteiger partial charge in [0, 0.05) is 49.7 Å². The molecular formula is C21H24N4O2S. The summed E-state index contributed by atoms with van der Waals surface area (Å²) < 4.78 is 0. The third-order valence-electron chi connectivity index (χ3n) is 5.96. The molecule has 0 spiro atoms. The van der Waals surface area contributed by atoms with Crippen molar-refractivity contribution in [3.05, 3.63) is 46.4 Å². The summed E-state index contributed by atoms with van der Waals surface area (Å²) in [6.07, 6.45) is 3.25. The van der Waals surface area contributed by atoms with Crippen molar-refractivity contribution in [2.45, 2.75) is 31.2 Å². The highest BCUT2D eigenvalue weighted by Gasteiger charge is 2.38. The molecule has 2 amide bonds. The van der Waals surface area contributed by atoms with E-state index in [-0.39, 0.29) is 17.9 Å². The number of carbonyl (C=O) groups excluding carboxylic acids is 2. The van der Waals surface area contributed by atoms with Gasteiger partial charge in [-0.05, 0) is 31.4 Å². The Balaban J connectivity index is 1.19. The monoisotopic (exact) mass is 396 g/mol. The zero-order chi connectivity index (χ0) is 19.1. The number of aromatic nitrogens is 1. The van der Waals surface area contributed by atoms with Crippen molar-refractivity contribution in [1.82, 2.24) is 14.8 Å². The molecular weight excluding hydrogens is 372 g/mol. The van der Waals surface area contributed by atoms with Crippen molar-refractivity contribution >= 4 is 28.8 Å². The smallest absolute Gasteiger partial charge is 0.273 e. The summed E-state index contributed by atoms with van der Waals surface area (Å²) in [5, 5.41) is 3.01. The molecule has 3 fully saturated rings. The van der Waals surface area contributed by atoms with Crippen molar-refractivity contribution in [2.75, 3.05) is 37.6 Å². The minimum atomic E-state index is -0.0711. The van der Waals surface area contributed by atoms with Gasteiger partial charge in [-0.15, -0.1) is 11.3 Å². The number of carbonyl (C=O) groups is 2. The first-order valence-electron chi connectivity index (χ1n) is 10.1. The second kappa shape index (κ2) is 7.29. The number of rotatable bonds is 4. The van der Waals surface area contributed by atoms with Crippen molar-refractivity contribution in [1.29, 1.82) is 0 Å². The Morgan fingerprint density at radius 2 is 1.75 bits per heavy atom. The maximum Gasteiger partial charge on any atom is 0.273 e. The van der Waals surface area contributed by atoms with Crippen LogP contribution in [0.4, 0.5) is 5.69 Å². The van der Waals surface area contributed by atoms with Crippen LogP contribution in [-0.2, 0) is 4.79 Å². The molecule has 1 unspecified atom stereocenters. The predicted octanol–water partition coefficient (Wildman–Crippen LogP) is 2.58. The van der Waals surface area contributed by atoms with Gasteiger partial charge in [0.2, 0.25) is 5.91 Å². The van der Waals surface area contributed by atoms with Crippen LogP contribution in [-0.4, -0.2) is 65.4 Å². The van der Waals surface area contributed by atoms with Gasteiger partial charge in [-0.3, -0.25) is 14.5 Å². The van der Waals surface area contributed by atoms with Crippen molar-refractivity contribution in [3.63, 3.8) is 0 Å². The molecule has 1 atom stereocenters. The first-order valence-corrected chi connectivity index (χ1v) is 10.9. The Bertz CT molecular complexity index is 872. The maximum absolute atomic E-state index is 12.9. The van der Waals surface area contributed by atoms with Gasteiger partial charge < -0.3 is 9.80 Å². The lowest BCUT2D eigenvalue weighted by atomic mass is 10.1. The van der Waals surface area contributed by atoms with E-state index in [0.717, 1.165) is 36.8 Å². The normalized spacial score (nSPS) is 23.4. The van der Waals surface area contributed by atoms with E-state index < -0.39 is 0 Å². The second-order valence-corrected chi connectivity index (χ2v) is 8.69. The molecule has 1 aliphatic carbocycles. The highest BCUT2D eigenvalue weighted by molar-refractivity contribution is 7.10. The van der Waals surface area contributed by atoms with E-state index in [1.54, 1.807) is 11.3 Å². The van der Waals surface area contributed by atoms with Gasteiger partial charge in [0.25, 0.3) is 5.91 Å². The van der Waals surface area contributed by atoms with E-state index >= 15 is 0 Å². The number of anilines is 1. The Labute approximate surface area is 168 Å². The predicted molar refractivity (Wildman–Crippen MR) is 109 cm³/mol. The molecule has 0 N–H and O–H groups in total. The molecule has 0 bridgehead atoms. The van der Waals surface area contributed by atoms with Crippen molar-refractivity contribution < 1.29 is 9.59 Å². The van der Waals surface area contributed by atoms with Crippen LogP contribution >= 0.6 is 11.3 Å². The van der Waals surface area contributed by atoms with E-state index in [9.17, 15) is 9.59 Å². The van der Waals surface area contributed by atoms with Gasteiger partial charge in [0.05, 0.1) is 11.0 Å². The lowest BCUT2D eigenvalue weighted by molar-refractivity contribution is -0.122. The average Bonchev–Trinajstić information content (AvgIpc) is 3.34. The number of benzene rings is 1. The zero-order valence-electron chi connectivity index (χ0n) is 15.8. The van der Waals surface area contributed by atoms with Crippen LogP contribution in [0.3, 0.4) is 0 Å². The summed E-state index contributed by atoms with van der Waals surface area (Å²) in [6, 6.07) is 9.80. The summed E-state index contributed by atoms with van der Waals surface area (Å²) in [5.41, 5.74) is 1.56. The molecule has 2 saturated heterocycles. The lowest BCUT2D eigenvalue weighted by Crippen LogP contribution is -2.53. The highest BCUT2D eigenvalue weighted by atomic mass is 32.1. The number of amides is 2. The van der Waals surface area contributed by atoms with Crippen molar-refractivity contribution in [2.24, 2.45) is 0 Å². The Kier molecular flexibility index (Phi) is 4.64. The first kappa shape index (κ1) is 17.8. The van der Waals surface area contributed by atoms with Crippen LogP contribution in [0.2, 0.25) is 0 Å². The van der Waals surface area contributed by atoms with Gasteiger partial charge in [0.15, 0.2) is 0 Å². The number of hydrogen-bond donors (Lipinski definition) is 0. The average molecular weight is 397 g/mol. The summed E-state index contributed by atoms with van der Waals surface area (Å²) >= 11 is 1.61. The number of hydrogen-bond acceptors (Lipinski definition) is 5. The standard InChI is InChI=1S/C21H24N4O2S/c26-20(17-14-28-19(22-17)15-6-7-15)24-12-10-23(11-13-24)18-8-9-25(21(18)27)16-4-2-1-3-5-16/h1-5,14-15,18H,6-13H2. The quantitative estimate of drug-likeness (QED) is 0.797. The third-order valence-corrected chi connectivity index (χ3v) is 6.96. The van der Waals surface area contributed by atoms with E-state index in [2.05, 4.69) is 9.88 Å². The summed E-state index contributed by atoms with van der Waals surface area (Å²) in [4.78, 5) is 36.2.